The standard InChI is InChI=1S/C34H28ClN3O8/c1-21(39)45-28-15-11-25(19-31(28)44-3)33(41)37-27-6-4-5-24(18-27)34(42)38-36-20-23-9-14-29(30(17-23)43-2)46-32(40)16-10-22-7-12-26(35)13-8-22/h4-20H,1-3H3,(H,37,41)(H,38,42)/b16-10+,36-20?. The van der Waals surface area contributed by atoms with Gasteiger partial charge in [-0.05, 0) is 83.9 Å². The van der Waals surface area contributed by atoms with Gasteiger partial charge in [-0.2, -0.15) is 5.10 Å². The van der Waals surface area contributed by atoms with Crippen LogP contribution in [0.25, 0.3) is 6.08 Å². The van der Waals surface area contributed by atoms with Crippen LogP contribution in [-0.4, -0.2) is 44.2 Å². The largest absolute Gasteiger partial charge is 0.493 e. The Bertz CT molecular complexity index is 1820. The highest BCUT2D eigenvalue weighted by molar-refractivity contribution is 6.30. The first-order valence-electron chi connectivity index (χ1n) is 13.6. The lowest BCUT2D eigenvalue weighted by Gasteiger charge is -2.11. The van der Waals surface area contributed by atoms with Gasteiger partial charge in [-0.15, -0.1) is 0 Å². The maximum Gasteiger partial charge on any atom is 0.336 e. The molecule has 12 heteroatoms. The Hall–Kier alpha value is -5.94. The molecule has 0 fully saturated rings. The van der Waals surface area contributed by atoms with E-state index in [1.54, 1.807) is 66.7 Å². The SMILES string of the molecule is COc1cc(C(=O)Nc2cccc(C(=O)NN=Cc3ccc(OC(=O)/C=C/c4ccc(Cl)cc4)c(OC)c3)c2)ccc1OC(C)=O. The van der Waals surface area contributed by atoms with E-state index in [2.05, 4.69) is 15.8 Å². The molecule has 0 spiro atoms. The fraction of sp³-hybridized carbons (Fsp3) is 0.0882. The molecule has 0 aliphatic carbocycles. The number of carbonyl (C=O) groups is 4. The summed E-state index contributed by atoms with van der Waals surface area (Å²) in [5, 5.41) is 7.30. The van der Waals surface area contributed by atoms with Crippen LogP contribution in [0.1, 0.15) is 38.8 Å². The summed E-state index contributed by atoms with van der Waals surface area (Å²) in [4.78, 5) is 49.1. The van der Waals surface area contributed by atoms with Gasteiger partial charge in [-0.25, -0.2) is 10.2 Å². The highest BCUT2D eigenvalue weighted by Crippen LogP contribution is 2.29. The normalized spacial score (nSPS) is 10.8. The molecule has 2 amide bonds. The number of ether oxygens (including phenoxy) is 4. The van der Waals surface area contributed by atoms with Gasteiger partial charge in [-0.3, -0.25) is 14.4 Å². The van der Waals surface area contributed by atoms with E-state index in [-0.39, 0.29) is 34.1 Å². The molecule has 4 aromatic rings. The number of carbonyl (C=O) groups excluding carboxylic acids is 4. The minimum absolute atomic E-state index is 0.183. The van der Waals surface area contributed by atoms with E-state index in [4.69, 9.17) is 30.5 Å². The number of rotatable bonds is 11. The summed E-state index contributed by atoms with van der Waals surface area (Å²) in [5.41, 5.74) is 4.63. The van der Waals surface area contributed by atoms with Crippen molar-refractivity contribution in [3.05, 3.63) is 118 Å². The number of hydrogen-bond acceptors (Lipinski definition) is 9. The second-order valence-electron chi connectivity index (χ2n) is 9.41. The molecule has 4 rings (SSSR count). The van der Waals surface area contributed by atoms with Crippen molar-refractivity contribution >= 4 is 53.3 Å². The van der Waals surface area contributed by atoms with Crippen molar-refractivity contribution in [3.63, 3.8) is 0 Å². The lowest BCUT2D eigenvalue weighted by atomic mass is 10.1. The number of anilines is 1. The molecular weight excluding hydrogens is 614 g/mol. The molecular formula is C34H28ClN3O8. The van der Waals surface area contributed by atoms with Crippen molar-refractivity contribution in [2.45, 2.75) is 6.92 Å². The number of halogens is 1. The Morgan fingerprint density at radius 3 is 2.09 bits per heavy atom. The van der Waals surface area contributed by atoms with E-state index in [9.17, 15) is 19.2 Å². The molecule has 0 radical (unpaired) electrons. The number of nitrogens with one attached hydrogen (secondary N) is 2. The number of nitrogens with zero attached hydrogens (tertiary/aromatic N) is 1. The van der Waals surface area contributed by atoms with E-state index in [1.165, 1.54) is 57.7 Å². The molecule has 0 saturated heterocycles. The molecule has 0 unspecified atom stereocenters. The lowest BCUT2D eigenvalue weighted by Crippen LogP contribution is -2.18. The van der Waals surface area contributed by atoms with Crippen molar-refractivity contribution in [1.29, 1.82) is 0 Å². The van der Waals surface area contributed by atoms with E-state index in [1.807, 2.05) is 0 Å². The van der Waals surface area contributed by atoms with Crippen LogP contribution >= 0.6 is 11.6 Å². The molecule has 0 saturated carbocycles. The fourth-order valence-electron chi connectivity index (χ4n) is 3.95. The van der Waals surface area contributed by atoms with Crippen LogP contribution in [0.2, 0.25) is 5.02 Å². The van der Waals surface area contributed by atoms with Crippen molar-refractivity contribution in [2.75, 3.05) is 19.5 Å². The molecule has 2 N–H and O–H groups in total. The molecule has 0 aliphatic heterocycles. The molecule has 0 aliphatic rings. The van der Waals surface area contributed by atoms with Crippen molar-refractivity contribution in [2.24, 2.45) is 5.10 Å². The first kappa shape index (κ1) is 33.0. The van der Waals surface area contributed by atoms with E-state index < -0.39 is 23.8 Å². The summed E-state index contributed by atoms with van der Waals surface area (Å²) in [7, 11) is 2.82. The first-order valence-corrected chi connectivity index (χ1v) is 14.0. The van der Waals surface area contributed by atoms with Crippen LogP contribution < -0.4 is 29.7 Å². The second-order valence-corrected chi connectivity index (χ2v) is 9.85. The summed E-state index contributed by atoms with van der Waals surface area (Å²) in [6.45, 7) is 1.26. The van der Waals surface area contributed by atoms with Crippen LogP contribution in [0.4, 0.5) is 5.69 Å². The third kappa shape index (κ3) is 9.28. The monoisotopic (exact) mass is 641 g/mol. The molecule has 0 bridgehead atoms. The molecule has 234 valence electrons. The van der Waals surface area contributed by atoms with E-state index in [0.29, 0.717) is 16.3 Å². The Kier molecular flexibility index (Phi) is 11.2. The summed E-state index contributed by atoms with van der Waals surface area (Å²) < 4.78 is 21.0. The van der Waals surface area contributed by atoms with Gasteiger partial charge < -0.3 is 24.3 Å². The van der Waals surface area contributed by atoms with Gasteiger partial charge in [-0.1, -0.05) is 29.8 Å². The van der Waals surface area contributed by atoms with Gasteiger partial charge in [0.1, 0.15) is 0 Å². The van der Waals surface area contributed by atoms with Gasteiger partial charge in [0.15, 0.2) is 23.0 Å². The molecule has 0 atom stereocenters. The van der Waals surface area contributed by atoms with Crippen molar-refractivity contribution < 1.29 is 38.1 Å². The Morgan fingerprint density at radius 2 is 1.37 bits per heavy atom. The molecule has 46 heavy (non-hydrogen) atoms. The number of methoxy groups -OCH3 is 2. The predicted octanol–water partition coefficient (Wildman–Crippen LogP) is 5.92. The Labute approximate surface area is 269 Å². The van der Waals surface area contributed by atoms with Gasteiger partial charge in [0.05, 0.1) is 20.4 Å². The minimum Gasteiger partial charge on any atom is -0.493 e. The minimum atomic E-state index is -0.600. The van der Waals surface area contributed by atoms with Crippen LogP contribution in [0, 0.1) is 0 Å². The number of benzene rings is 4. The number of esters is 2. The van der Waals surface area contributed by atoms with E-state index >= 15 is 0 Å². The fourth-order valence-corrected chi connectivity index (χ4v) is 4.07. The van der Waals surface area contributed by atoms with Crippen molar-refractivity contribution in [3.8, 4) is 23.0 Å². The quantitative estimate of drug-likeness (QED) is 0.0676. The zero-order chi connectivity index (χ0) is 33.1. The second kappa shape index (κ2) is 15.7. The topological polar surface area (TPSA) is 142 Å². The molecule has 4 aromatic carbocycles. The van der Waals surface area contributed by atoms with Crippen LogP contribution in [0.5, 0.6) is 23.0 Å². The van der Waals surface area contributed by atoms with E-state index in [0.717, 1.165) is 5.56 Å². The van der Waals surface area contributed by atoms with Crippen LogP contribution in [-0.2, 0) is 9.59 Å². The summed E-state index contributed by atoms with van der Waals surface area (Å²) in [6, 6.07) is 22.4. The Morgan fingerprint density at radius 1 is 0.717 bits per heavy atom. The zero-order valence-electron chi connectivity index (χ0n) is 24.9. The van der Waals surface area contributed by atoms with Gasteiger partial charge in [0.2, 0.25) is 0 Å². The highest BCUT2D eigenvalue weighted by Gasteiger charge is 2.14. The average molecular weight is 642 g/mol. The maximum atomic E-state index is 12.8. The smallest absolute Gasteiger partial charge is 0.336 e. The number of hydrogen-bond donors (Lipinski definition) is 2. The van der Waals surface area contributed by atoms with Gasteiger partial charge >= 0.3 is 11.9 Å². The molecule has 0 aromatic heterocycles. The predicted molar refractivity (Wildman–Crippen MR) is 173 cm³/mol. The third-order valence-electron chi connectivity index (χ3n) is 6.12. The molecule has 11 nitrogen and oxygen atoms in total. The Balaban J connectivity index is 1.35. The first-order chi connectivity index (χ1) is 22.1. The van der Waals surface area contributed by atoms with Crippen LogP contribution in [0.3, 0.4) is 0 Å². The average Bonchev–Trinajstić information content (AvgIpc) is 3.05. The zero-order valence-corrected chi connectivity index (χ0v) is 25.7. The van der Waals surface area contributed by atoms with Crippen LogP contribution in [0.15, 0.2) is 96.1 Å². The molecule has 0 heterocycles. The summed E-state index contributed by atoms with van der Waals surface area (Å²) >= 11 is 5.88. The highest BCUT2D eigenvalue weighted by atomic mass is 35.5. The lowest BCUT2D eigenvalue weighted by molar-refractivity contribution is -0.132. The summed E-state index contributed by atoms with van der Waals surface area (Å²) in [6.07, 6.45) is 4.28. The summed E-state index contributed by atoms with van der Waals surface area (Å²) in [5.74, 6) is -1.24. The van der Waals surface area contributed by atoms with Gasteiger partial charge in [0, 0.05) is 34.8 Å². The number of amides is 2. The van der Waals surface area contributed by atoms with Gasteiger partial charge in [0.25, 0.3) is 11.8 Å². The maximum absolute atomic E-state index is 12.8. The third-order valence-corrected chi connectivity index (χ3v) is 6.37. The number of hydrazone groups is 1. The van der Waals surface area contributed by atoms with Crippen molar-refractivity contribution in [1.82, 2.24) is 5.43 Å².